The Morgan fingerprint density at radius 2 is 0.990 bits per heavy atom. The number of amides is 4. The fraction of sp³-hybridized carbons (Fsp3) is 0.356. The maximum atomic E-state index is 15.6. The molecule has 7 aromatic rings. The van der Waals surface area contributed by atoms with E-state index in [-0.39, 0.29) is 68.5 Å². The van der Waals surface area contributed by atoms with Crippen molar-refractivity contribution in [1.82, 2.24) is 9.80 Å². The van der Waals surface area contributed by atoms with Crippen LogP contribution < -0.4 is 0 Å². The second-order valence-electron chi connectivity index (χ2n) is 24.4. The largest absolute Gasteiger partial charge is 0.456 e. The number of azide groups is 1. The number of ether oxygens (including phenoxy) is 14. The van der Waals surface area contributed by atoms with E-state index in [4.69, 9.17) is 89.5 Å². The fourth-order valence-corrected chi connectivity index (χ4v) is 13.8. The van der Waals surface area contributed by atoms with E-state index in [9.17, 15) is 19.9 Å². The van der Waals surface area contributed by atoms with Gasteiger partial charge in [-0.3, -0.25) is 38.5 Å². The molecule has 7 heterocycles. The zero-order valence-corrected chi connectivity index (χ0v) is 54.4. The highest BCUT2D eigenvalue weighted by Crippen LogP contribution is 2.47. The van der Waals surface area contributed by atoms with Gasteiger partial charge >= 0.3 is 11.9 Å². The number of esters is 1. The van der Waals surface area contributed by atoms with Gasteiger partial charge in [-0.1, -0.05) is 181 Å². The standard InChI is InChI=1S/C73H67Cl2N5O19/c74-34-55(81)94-63-59-54(41-90-70(95-59)47-28-14-5-15-29-47)93-72-64(63)98-73(42-75,99-72)97-60-53(40-87-36-44-22-8-2-9-23-44)92-71(57(62(60)89-38-46-26-12-4-13-27-46)80-68(84)50-32-18-19-33-51(50)69(80)85)96-58-52(39-86-35-43-20-6-1-7-21-43)91-65(77-78-76)56(61(58)88-37-45-24-10-3-11-25-45)79-66(82)48-30-16-17-31-49(48)67(79)83/h1-33,52-54,56-65,70-72H,34-42H2/t52-,53-,54-,56-,57-,58-,59-,60-,61-,62-,63+,64-,65-,70-,71+,72-,73+/m1/s1. The average molecular weight is 1390 g/mol. The molecule has 5 saturated heterocycles. The lowest BCUT2D eigenvalue weighted by Gasteiger charge is -2.52. The number of nitrogens with zero attached hydrogens (tertiary/aromatic N) is 5. The Labute approximate surface area is 578 Å². The quantitative estimate of drug-likeness (QED) is 0.0129. The van der Waals surface area contributed by atoms with Gasteiger partial charge in [0, 0.05) is 10.5 Å². The molecule has 14 rings (SSSR count). The molecule has 5 fully saturated rings. The number of carbonyl (C=O) groups is 5. The Hall–Kier alpha value is -8.34. The minimum absolute atomic E-state index is 0.0137. The number of imide groups is 2. The van der Waals surface area contributed by atoms with Crippen LogP contribution in [0.5, 0.6) is 0 Å². The summed E-state index contributed by atoms with van der Waals surface area (Å²) in [5, 5.41) is 4.11. The van der Waals surface area contributed by atoms with E-state index in [1.54, 1.807) is 36.4 Å². The maximum Gasteiger partial charge on any atom is 0.321 e. The Balaban J connectivity index is 0.905. The minimum Gasteiger partial charge on any atom is -0.456 e. The Kier molecular flexibility index (Phi) is 21.0. The minimum atomic E-state index is -2.39. The van der Waals surface area contributed by atoms with Crippen LogP contribution in [0.3, 0.4) is 0 Å². The number of carbonyl (C=O) groups excluding carboxylic acids is 5. The number of hydrogen-bond donors (Lipinski definition) is 0. The first-order valence-electron chi connectivity index (χ1n) is 32.3. The van der Waals surface area contributed by atoms with E-state index < -0.39 is 146 Å². The Morgan fingerprint density at radius 1 is 0.525 bits per heavy atom. The molecule has 4 amide bonds. The first-order valence-corrected chi connectivity index (χ1v) is 33.4. The topological polar surface area (TPSA) is 270 Å². The van der Waals surface area contributed by atoms with Crippen molar-refractivity contribution in [3.63, 3.8) is 0 Å². The number of benzene rings is 7. The molecule has 0 bridgehead atoms. The van der Waals surface area contributed by atoms with E-state index in [1.807, 2.05) is 140 Å². The summed E-state index contributed by atoms with van der Waals surface area (Å²) >= 11 is 13.2. The highest BCUT2D eigenvalue weighted by molar-refractivity contribution is 6.26. The van der Waals surface area contributed by atoms with E-state index in [0.717, 1.165) is 20.9 Å². The van der Waals surface area contributed by atoms with Crippen LogP contribution in [0, 0.1) is 0 Å². The summed E-state index contributed by atoms with van der Waals surface area (Å²) in [6.45, 7) is -1.07. The Bertz CT molecular complexity index is 3970. The number of rotatable bonds is 25. The van der Waals surface area contributed by atoms with Gasteiger partial charge in [-0.2, -0.15) is 0 Å². The molecule has 0 aromatic heterocycles. The van der Waals surface area contributed by atoms with Crippen molar-refractivity contribution in [3.05, 3.63) is 261 Å². The first kappa shape index (κ1) is 67.8. The van der Waals surface area contributed by atoms with Crippen LogP contribution in [0.25, 0.3) is 10.4 Å². The highest BCUT2D eigenvalue weighted by atomic mass is 35.5. The molecule has 0 radical (unpaired) electrons. The van der Waals surface area contributed by atoms with E-state index in [2.05, 4.69) is 10.0 Å². The summed E-state index contributed by atoms with van der Waals surface area (Å²) in [6.07, 6.45) is -19.4. The molecule has 0 spiro atoms. The summed E-state index contributed by atoms with van der Waals surface area (Å²) in [5.74, 6) is -7.41. The Morgan fingerprint density at radius 3 is 1.48 bits per heavy atom. The zero-order valence-electron chi connectivity index (χ0n) is 52.9. The van der Waals surface area contributed by atoms with Crippen LogP contribution in [-0.4, -0.2) is 169 Å². The van der Waals surface area contributed by atoms with Crippen molar-refractivity contribution in [2.45, 2.75) is 131 Å². The van der Waals surface area contributed by atoms with Gasteiger partial charge in [0.25, 0.3) is 23.6 Å². The smallest absolute Gasteiger partial charge is 0.321 e. The van der Waals surface area contributed by atoms with Crippen LogP contribution in [0.1, 0.15) is 75.5 Å². The van der Waals surface area contributed by atoms with E-state index in [1.165, 1.54) is 24.3 Å². The lowest BCUT2D eigenvalue weighted by molar-refractivity contribution is -0.401. The second-order valence-corrected chi connectivity index (χ2v) is 24.9. The van der Waals surface area contributed by atoms with Gasteiger partial charge < -0.3 is 61.6 Å². The first-order chi connectivity index (χ1) is 48.5. The number of hydrogen-bond acceptors (Lipinski definition) is 20. The van der Waals surface area contributed by atoms with Crippen molar-refractivity contribution >= 4 is 52.8 Å². The zero-order chi connectivity index (χ0) is 68.0. The van der Waals surface area contributed by atoms with Crippen LogP contribution in [0.15, 0.2) is 205 Å². The normalized spacial score (nSPS) is 30.1. The SMILES string of the molecule is [N-]=[N+]=N[C@@H]1O[C@H](COCc2ccccc2)[C@@H](O[C@@H]2O[C@H](COCc3ccccc3)[C@@H](O[C@]3(CCl)O[C@H]4O[C@@H]5CO[C@@H](c6ccccc6)O[C@H]5[C@H](OC(=O)CCl)[C@H]4O3)[C@H](OCc3ccccc3)[C@H]2N2C(=O)c3ccccc3C2=O)[C@H](OCc2ccccc2)[C@H]1N1C(=O)c2ccccc2C1=O. The summed E-state index contributed by atoms with van der Waals surface area (Å²) < 4.78 is 95.3. The maximum absolute atomic E-state index is 15.6. The molecule has 17 atom stereocenters. The predicted molar refractivity (Wildman–Crippen MR) is 349 cm³/mol. The lowest BCUT2D eigenvalue weighted by Crippen LogP contribution is -2.71. The summed E-state index contributed by atoms with van der Waals surface area (Å²) in [7, 11) is 0. The van der Waals surface area contributed by atoms with Crippen LogP contribution in [0.4, 0.5) is 0 Å². The fourth-order valence-electron chi connectivity index (χ4n) is 13.6. The van der Waals surface area contributed by atoms with Gasteiger partial charge in [0.05, 0.1) is 68.5 Å². The van der Waals surface area contributed by atoms with E-state index >= 15 is 9.59 Å². The van der Waals surface area contributed by atoms with Crippen LogP contribution in [-0.2, 0) is 97.5 Å². The number of fused-ring (bicyclic) bond motifs is 4. The molecular weight excluding hydrogens is 1320 g/mol. The molecule has 512 valence electrons. The molecule has 7 aliphatic rings. The highest BCUT2D eigenvalue weighted by Gasteiger charge is 2.65. The van der Waals surface area contributed by atoms with Crippen molar-refractivity contribution in [2.24, 2.45) is 5.11 Å². The molecule has 0 N–H and O–H groups in total. The molecule has 99 heavy (non-hydrogen) atoms. The summed E-state index contributed by atoms with van der Waals surface area (Å²) in [5.41, 5.74) is 14.1. The van der Waals surface area contributed by atoms with Crippen LogP contribution >= 0.6 is 23.2 Å². The van der Waals surface area contributed by atoms with Crippen molar-refractivity contribution in [3.8, 4) is 0 Å². The van der Waals surface area contributed by atoms with Gasteiger partial charge in [-0.15, -0.1) is 23.2 Å². The van der Waals surface area contributed by atoms with Gasteiger partial charge in [-0.05, 0) is 52.1 Å². The molecule has 0 aliphatic carbocycles. The molecule has 0 saturated carbocycles. The van der Waals surface area contributed by atoms with Gasteiger partial charge in [0.15, 0.2) is 37.3 Å². The summed E-state index contributed by atoms with van der Waals surface area (Å²) in [4.78, 5) is 79.6. The van der Waals surface area contributed by atoms with Gasteiger partial charge in [0.2, 0.25) is 0 Å². The molecule has 24 nitrogen and oxygen atoms in total. The molecule has 7 aromatic carbocycles. The number of halogens is 2. The van der Waals surface area contributed by atoms with Crippen LogP contribution in [0.2, 0.25) is 0 Å². The summed E-state index contributed by atoms with van der Waals surface area (Å²) in [6, 6.07) is 55.1. The third-order valence-electron chi connectivity index (χ3n) is 18.1. The molecule has 0 unspecified atom stereocenters. The van der Waals surface area contributed by atoms with E-state index in [0.29, 0.717) is 16.7 Å². The molecule has 26 heteroatoms. The predicted octanol–water partition coefficient (Wildman–Crippen LogP) is 9.75. The number of alkyl halides is 2. The van der Waals surface area contributed by atoms with Crippen molar-refractivity contribution < 1.29 is 90.3 Å². The van der Waals surface area contributed by atoms with Gasteiger partial charge in [0.1, 0.15) is 72.7 Å². The van der Waals surface area contributed by atoms with Crippen molar-refractivity contribution in [1.29, 1.82) is 0 Å². The monoisotopic (exact) mass is 1390 g/mol. The molecular formula is C73H67Cl2N5O19. The average Bonchev–Trinajstić information content (AvgIpc) is 1.70. The van der Waals surface area contributed by atoms with Crippen molar-refractivity contribution in [2.75, 3.05) is 31.6 Å². The molecule has 7 aliphatic heterocycles. The second kappa shape index (κ2) is 30.6. The third-order valence-corrected chi connectivity index (χ3v) is 18.7. The third kappa shape index (κ3) is 14.3. The van der Waals surface area contributed by atoms with Gasteiger partial charge in [-0.25, -0.2) is 0 Å². The lowest BCUT2D eigenvalue weighted by atomic mass is 9.92.